The van der Waals surface area contributed by atoms with Crippen LogP contribution in [0.5, 0.6) is 0 Å². The van der Waals surface area contributed by atoms with Gasteiger partial charge in [0.1, 0.15) is 0 Å². The summed E-state index contributed by atoms with van der Waals surface area (Å²) < 4.78 is 0. The number of carbonyl (C=O) groups excluding carboxylic acids is 1. The molecule has 104 valence electrons. The molecule has 1 amide bonds. The minimum Gasteiger partial charge on any atom is -0.388 e. The second-order valence-electron chi connectivity index (χ2n) is 6.63. The molecular formula is C16H24N2O. The molecule has 3 heteroatoms. The van der Waals surface area contributed by atoms with Crippen molar-refractivity contribution in [1.82, 2.24) is 5.32 Å². The first-order chi connectivity index (χ1) is 8.71. The molecule has 19 heavy (non-hydrogen) atoms. The molecule has 1 aromatic rings. The highest BCUT2D eigenvalue weighted by Gasteiger charge is 2.65. The van der Waals surface area contributed by atoms with E-state index in [-0.39, 0.29) is 22.8 Å². The van der Waals surface area contributed by atoms with E-state index in [0.717, 1.165) is 16.8 Å². The van der Waals surface area contributed by atoms with Gasteiger partial charge in [-0.25, -0.2) is 0 Å². The van der Waals surface area contributed by atoms with E-state index in [4.69, 9.17) is 0 Å². The van der Waals surface area contributed by atoms with Crippen molar-refractivity contribution in [2.45, 2.75) is 40.7 Å². The smallest absolute Gasteiger partial charge is 0.251 e. The number of benzene rings is 1. The van der Waals surface area contributed by atoms with Gasteiger partial charge in [0, 0.05) is 24.3 Å². The highest BCUT2D eigenvalue weighted by molar-refractivity contribution is 5.95. The number of nitrogens with one attached hydrogen (secondary N) is 2. The van der Waals surface area contributed by atoms with E-state index in [1.54, 1.807) is 0 Å². The Morgan fingerprint density at radius 1 is 1.16 bits per heavy atom. The number of hydrogen-bond acceptors (Lipinski definition) is 2. The molecule has 0 aromatic heterocycles. The quantitative estimate of drug-likeness (QED) is 0.876. The van der Waals surface area contributed by atoms with Crippen LogP contribution < -0.4 is 10.6 Å². The molecule has 2 rings (SSSR count). The van der Waals surface area contributed by atoms with Gasteiger partial charge in [-0.1, -0.05) is 27.7 Å². The highest BCUT2D eigenvalue weighted by Crippen LogP contribution is 2.62. The van der Waals surface area contributed by atoms with Crippen LogP contribution in [-0.4, -0.2) is 19.0 Å². The minimum absolute atomic E-state index is 0.0226. The van der Waals surface area contributed by atoms with Crippen LogP contribution in [0.25, 0.3) is 0 Å². The van der Waals surface area contributed by atoms with E-state index in [9.17, 15) is 4.79 Å². The molecule has 0 radical (unpaired) electrons. The van der Waals surface area contributed by atoms with Crippen LogP contribution in [0.4, 0.5) is 5.69 Å². The van der Waals surface area contributed by atoms with Crippen molar-refractivity contribution in [3.63, 3.8) is 0 Å². The number of carbonyl (C=O) groups is 1. The molecule has 1 aliphatic rings. The average molecular weight is 260 g/mol. The highest BCUT2D eigenvalue weighted by atomic mass is 16.1. The number of amides is 1. The van der Waals surface area contributed by atoms with Gasteiger partial charge in [-0.3, -0.25) is 4.79 Å². The number of hydrogen-bond donors (Lipinski definition) is 2. The normalized spacial score (nSPS) is 19.9. The fourth-order valence-corrected chi connectivity index (χ4v) is 2.86. The third-order valence-electron chi connectivity index (χ3n) is 5.05. The Morgan fingerprint density at radius 3 is 2.16 bits per heavy atom. The molecule has 1 aromatic carbocycles. The van der Waals surface area contributed by atoms with E-state index >= 15 is 0 Å². The summed E-state index contributed by atoms with van der Waals surface area (Å²) in [6.45, 7) is 10.8. The Labute approximate surface area is 115 Å². The Balaban J connectivity index is 2.12. The van der Waals surface area contributed by atoms with E-state index in [1.165, 1.54) is 0 Å². The van der Waals surface area contributed by atoms with Crippen molar-refractivity contribution in [3.8, 4) is 0 Å². The fourth-order valence-electron chi connectivity index (χ4n) is 2.86. The van der Waals surface area contributed by atoms with Crippen molar-refractivity contribution in [1.29, 1.82) is 0 Å². The van der Waals surface area contributed by atoms with Gasteiger partial charge >= 0.3 is 0 Å². The fraction of sp³-hybridized carbons (Fsp3) is 0.562. The molecule has 1 saturated carbocycles. The third kappa shape index (κ3) is 2.11. The topological polar surface area (TPSA) is 41.1 Å². The summed E-state index contributed by atoms with van der Waals surface area (Å²) in [5.41, 5.74) is 3.22. The molecular weight excluding hydrogens is 236 g/mol. The van der Waals surface area contributed by atoms with Crippen molar-refractivity contribution >= 4 is 11.6 Å². The molecule has 0 bridgehead atoms. The summed E-state index contributed by atoms with van der Waals surface area (Å²) in [6.07, 6.45) is 0. The maximum Gasteiger partial charge on any atom is 0.251 e. The van der Waals surface area contributed by atoms with E-state index < -0.39 is 0 Å². The van der Waals surface area contributed by atoms with E-state index in [2.05, 4.69) is 38.3 Å². The van der Waals surface area contributed by atoms with Gasteiger partial charge < -0.3 is 10.6 Å². The average Bonchev–Trinajstić information content (AvgIpc) is 2.71. The summed E-state index contributed by atoms with van der Waals surface area (Å²) in [7, 11) is 1.89. The van der Waals surface area contributed by atoms with Crippen molar-refractivity contribution in [3.05, 3.63) is 29.3 Å². The van der Waals surface area contributed by atoms with Gasteiger partial charge in [-0.2, -0.15) is 0 Å². The number of aryl methyl sites for hydroxylation is 1. The third-order valence-corrected chi connectivity index (χ3v) is 5.05. The van der Waals surface area contributed by atoms with Crippen LogP contribution in [-0.2, 0) is 0 Å². The second-order valence-corrected chi connectivity index (χ2v) is 6.63. The Bertz CT molecular complexity index is 503. The maximum absolute atomic E-state index is 12.3. The van der Waals surface area contributed by atoms with Crippen molar-refractivity contribution in [2.24, 2.45) is 10.8 Å². The lowest BCUT2D eigenvalue weighted by molar-refractivity contribution is 0.0943. The van der Waals surface area contributed by atoms with E-state index in [1.807, 2.05) is 32.2 Å². The lowest BCUT2D eigenvalue weighted by atomic mass is 10.0. The maximum atomic E-state index is 12.3. The van der Waals surface area contributed by atoms with Crippen LogP contribution in [0.2, 0.25) is 0 Å². The van der Waals surface area contributed by atoms with Crippen LogP contribution in [0.3, 0.4) is 0 Å². The van der Waals surface area contributed by atoms with Crippen LogP contribution in [0.15, 0.2) is 18.2 Å². The minimum atomic E-state index is 0.0226. The standard InChI is InChI=1S/C16H24N2O/c1-10-9-11(7-8-12(10)17-6)13(19)18-14-15(2,3)16(14,4)5/h7-9,14,17H,1-6H3,(H,18,19). The first-order valence-electron chi connectivity index (χ1n) is 6.81. The van der Waals surface area contributed by atoms with E-state index in [0.29, 0.717) is 0 Å². The van der Waals surface area contributed by atoms with Crippen molar-refractivity contribution in [2.75, 3.05) is 12.4 Å². The summed E-state index contributed by atoms with van der Waals surface area (Å²) in [6, 6.07) is 6.00. The summed E-state index contributed by atoms with van der Waals surface area (Å²) in [5.74, 6) is 0.0226. The van der Waals surface area contributed by atoms with Crippen molar-refractivity contribution < 1.29 is 4.79 Å². The number of anilines is 1. The van der Waals surface area contributed by atoms with Gasteiger partial charge in [0.05, 0.1) is 0 Å². The van der Waals surface area contributed by atoms with Gasteiger partial charge in [0.2, 0.25) is 0 Å². The van der Waals surface area contributed by atoms with Gasteiger partial charge in [-0.05, 0) is 41.5 Å². The Hall–Kier alpha value is -1.51. The molecule has 0 unspecified atom stereocenters. The molecule has 2 N–H and O–H groups in total. The predicted molar refractivity (Wildman–Crippen MR) is 79.5 cm³/mol. The van der Waals surface area contributed by atoms with Crippen LogP contribution in [0, 0.1) is 17.8 Å². The molecule has 3 nitrogen and oxygen atoms in total. The molecule has 0 aliphatic heterocycles. The largest absolute Gasteiger partial charge is 0.388 e. The summed E-state index contributed by atoms with van der Waals surface area (Å²) in [5, 5.41) is 6.27. The zero-order valence-corrected chi connectivity index (χ0v) is 12.7. The summed E-state index contributed by atoms with van der Waals surface area (Å²) in [4.78, 5) is 12.3. The number of rotatable bonds is 3. The SMILES string of the molecule is CNc1ccc(C(=O)NC2C(C)(C)C2(C)C)cc1C. The van der Waals surface area contributed by atoms with Crippen LogP contribution in [0.1, 0.15) is 43.6 Å². The first-order valence-corrected chi connectivity index (χ1v) is 6.81. The van der Waals surface area contributed by atoms with Crippen LogP contribution >= 0.6 is 0 Å². The Morgan fingerprint density at radius 2 is 1.74 bits per heavy atom. The second kappa shape index (κ2) is 4.26. The van der Waals surface area contributed by atoms with Gasteiger partial charge in [-0.15, -0.1) is 0 Å². The molecule has 0 atom stereocenters. The molecule has 1 aliphatic carbocycles. The van der Waals surface area contributed by atoms with Gasteiger partial charge in [0.15, 0.2) is 0 Å². The lowest BCUT2D eigenvalue weighted by Gasteiger charge is -2.10. The summed E-state index contributed by atoms with van der Waals surface area (Å²) >= 11 is 0. The zero-order valence-electron chi connectivity index (χ0n) is 12.7. The predicted octanol–water partition coefficient (Wildman–Crippen LogP) is 3.20. The zero-order chi connectivity index (χ0) is 14.4. The molecule has 0 spiro atoms. The molecule has 0 heterocycles. The Kier molecular flexibility index (Phi) is 3.12. The first kappa shape index (κ1) is 13.9. The molecule has 1 fully saturated rings. The lowest BCUT2D eigenvalue weighted by Crippen LogP contribution is -2.29. The molecule has 0 saturated heterocycles. The van der Waals surface area contributed by atoms with Gasteiger partial charge in [0.25, 0.3) is 5.91 Å². The monoisotopic (exact) mass is 260 g/mol.